The van der Waals surface area contributed by atoms with Crippen LogP contribution in [0.1, 0.15) is 28.1 Å². The molecule has 0 spiro atoms. The molecule has 1 fully saturated rings. The minimum absolute atomic E-state index is 0.0235. The van der Waals surface area contributed by atoms with Crippen LogP contribution in [0, 0.1) is 0 Å². The summed E-state index contributed by atoms with van der Waals surface area (Å²) in [4.78, 5) is 44.5. The van der Waals surface area contributed by atoms with E-state index in [0.717, 1.165) is 22.1 Å². The number of carbonyl (C=O) groups excluding carboxylic acids is 3. The van der Waals surface area contributed by atoms with E-state index in [1.165, 1.54) is 0 Å². The van der Waals surface area contributed by atoms with Crippen molar-refractivity contribution in [2.75, 3.05) is 13.7 Å². The van der Waals surface area contributed by atoms with Crippen LogP contribution in [0.25, 0.3) is 22.1 Å². The highest BCUT2D eigenvalue weighted by molar-refractivity contribution is 6.10. The number of rotatable bonds is 5. The largest absolute Gasteiger partial charge is 0.497 e. The monoisotopic (exact) mass is 467 g/mol. The summed E-state index contributed by atoms with van der Waals surface area (Å²) < 4.78 is 11.4. The maximum atomic E-state index is 13.2. The molecule has 8 heteroatoms. The number of hydrogen-bond acceptors (Lipinski definition) is 6. The van der Waals surface area contributed by atoms with Gasteiger partial charge in [-0.2, -0.15) is 0 Å². The zero-order chi connectivity index (χ0) is 24.2. The molecule has 1 atom stereocenters. The first-order valence-corrected chi connectivity index (χ1v) is 11.2. The fraction of sp³-hybridized carbons (Fsp3) is 0.185. The number of hydrogen-bond donors (Lipinski definition) is 1. The van der Waals surface area contributed by atoms with E-state index >= 15 is 0 Å². The SMILES string of the molecule is COc1ccc2c(c1)C(=O)N(C[C@@]1(c3cc4cc(-c5cccnc5)ccc4o3)CC(=O)NC1=O)C2. The smallest absolute Gasteiger partial charge is 0.254 e. The summed E-state index contributed by atoms with van der Waals surface area (Å²) in [5.74, 6) is -0.113. The van der Waals surface area contributed by atoms with Crippen molar-refractivity contribution in [1.29, 1.82) is 0 Å². The van der Waals surface area contributed by atoms with Crippen molar-refractivity contribution in [2.24, 2.45) is 0 Å². The standard InChI is InChI=1S/C27H21N3O5/c1-34-20-6-4-18-14-30(25(32)21(18)11-20)15-27(12-24(31)29-26(27)33)23-10-19-9-16(5-7-22(19)35-23)17-3-2-8-28-13-17/h2-11,13H,12,14-15H2,1H3,(H,29,31,33)/t27-/m1/s1. The zero-order valence-electron chi connectivity index (χ0n) is 18.9. The Hall–Kier alpha value is -4.46. The Labute approximate surface area is 200 Å². The number of carbonyl (C=O) groups is 3. The molecule has 0 bridgehead atoms. The van der Waals surface area contributed by atoms with E-state index in [9.17, 15) is 14.4 Å². The Bertz CT molecular complexity index is 1510. The molecule has 0 unspecified atom stereocenters. The van der Waals surface area contributed by atoms with Crippen LogP contribution in [-0.2, 0) is 21.5 Å². The molecule has 6 rings (SSSR count). The predicted molar refractivity (Wildman–Crippen MR) is 127 cm³/mol. The van der Waals surface area contributed by atoms with Crippen LogP contribution in [0.15, 0.2) is 71.4 Å². The van der Waals surface area contributed by atoms with E-state index in [1.807, 2.05) is 36.4 Å². The summed E-state index contributed by atoms with van der Waals surface area (Å²) in [6.45, 7) is 0.364. The number of benzene rings is 2. The highest BCUT2D eigenvalue weighted by atomic mass is 16.5. The Kier molecular flexibility index (Phi) is 4.70. The third-order valence-corrected chi connectivity index (χ3v) is 6.79. The normalized spacial score (nSPS) is 19.3. The number of imide groups is 1. The van der Waals surface area contributed by atoms with Crippen LogP contribution < -0.4 is 10.1 Å². The van der Waals surface area contributed by atoms with Crippen molar-refractivity contribution in [2.45, 2.75) is 18.4 Å². The summed E-state index contributed by atoms with van der Waals surface area (Å²) >= 11 is 0. The van der Waals surface area contributed by atoms with E-state index in [4.69, 9.17) is 9.15 Å². The second kappa shape index (κ2) is 7.80. The van der Waals surface area contributed by atoms with E-state index in [-0.39, 0.29) is 18.9 Å². The number of methoxy groups -OCH3 is 1. The van der Waals surface area contributed by atoms with Crippen LogP contribution in [0.5, 0.6) is 5.75 Å². The molecule has 3 amide bonds. The number of furan rings is 1. The minimum atomic E-state index is -1.31. The Balaban J connectivity index is 1.38. The molecule has 1 N–H and O–H groups in total. The molecule has 0 aliphatic carbocycles. The molecule has 2 aromatic heterocycles. The van der Waals surface area contributed by atoms with E-state index in [2.05, 4.69) is 10.3 Å². The fourth-order valence-corrected chi connectivity index (χ4v) is 4.96. The van der Waals surface area contributed by atoms with Crippen molar-refractivity contribution in [1.82, 2.24) is 15.2 Å². The summed E-state index contributed by atoms with van der Waals surface area (Å²) in [6, 6.07) is 16.7. The molecule has 1 saturated heterocycles. The molecule has 2 aliphatic rings. The van der Waals surface area contributed by atoms with Gasteiger partial charge < -0.3 is 14.1 Å². The first-order chi connectivity index (χ1) is 17.0. The average molecular weight is 467 g/mol. The molecule has 4 heterocycles. The number of pyridine rings is 1. The third kappa shape index (κ3) is 3.37. The molecular formula is C27H21N3O5. The maximum absolute atomic E-state index is 13.2. The van der Waals surface area contributed by atoms with Crippen molar-refractivity contribution in [3.05, 3.63) is 83.9 Å². The number of nitrogens with one attached hydrogen (secondary N) is 1. The van der Waals surface area contributed by atoms with Crippen LogP contribution in [0.4, 0.5) is 0 Å². The fourth-order valence-electron chi connectivity index (χ4n) is 4.96. The van der Waals surface area contributed by atoms with E-state index in [1.54, 1.807) is 42.6 Å². The molecular weight excluding hydrogens is 446 g/mol. The van der Waals surface area contributed by atoms with Crippen molar-refractivity contribution in [3.63, 3.8) is 0 Å². The first kappa shape index (κ1) is 21.1. The molecule has 0 saturated carbocycles. The summed E-state index contributed by atoms with van der Waals surface area (Å²) in [5.41, 5.74) is 2.58. The van der Waals surface area contributed by atoms with Gasteiger partial charge in [0.2, 0.25) is 11.8 Å². The lowest BCUT2D eigenvalue weighted by molar-refractivity contribution is -0.127. The molecule has 0 radical (unpaired) electrons. The number of nitrogens with zero attached hydrogens (tertiary/aromatic N) is 2. The molecule has 4 aromatic rings. The Morgan fingerprint density at radius 1 is 1.09 bits per heavy atom. The Morgan fingerprint density at radius 2 is 1.97 bits per heavy atom. The van der Waals surface area contributed by atoms with Gasteiger partial charge in [0.05, 0.1) is 13.5 Å². The topological polar surface area (TPSA) is 102 Å². The lowest BCUT2D eigenvalue weighted by atomic mass is 9.82. The van der Waals surface area contributed by atoms with E-state index < -0.39 is 17.2 Å². The van der Waals surface area contributed by atoms with Gasteiger partial charge in [-0.3, -0.25) is 24.7 Å². The highest BCUT2D eigenvalue weighted by Crippen LogP contribution is 2.39. The first-order valence-electron chi connectivity index (χ1n) is 11.2. The van der Waals surface area contributed by atoms with Gasteiger partial charge in [0, 0.05) is 42.0 Å². The highest BCUT2D eigenvalue weighted by Gasteiger charge is 2.53. The van der Waals surface area contributed by atoms with Crippen molar-refractivity contribution >= 4 is 28.7 Å². The second-order valence-electron chi connectivity index (χ2n) is 8.93. The quantitative estimate of drug-likeness (QED) is 0.451. The Morgan fingerprint density at radius 3 is 2.71 bits per heavy atom. The molecule has 8 nitrogen and oxygen atoms in total. The van der Waals surface area contributed by atoms with Crippen LogP contribution in [-0.4, -0.2) is 41.3 Å². The van der Waals surface area contributed by atoms with Crippen molar-refractivity contribution in [3.8, 4) is 16.9 Å². The number of aromatic nitrogens is 1. The predicted octanol–water partition coefficient (Wildman–Crippen LogP) is 3.44. The summed E-state index contributed by atoms with van der Waals surface area (Å²) in [5, 5.41) is 3.21. The van der Waals surface area contributed by atoms with Gasteiger partial charge in [0.1, 0.15) is 22.5 Å². The van der Waals surface area contributed by atoms with Crippen LogP contribution >= 0.6 is 0 Å². The van der Waals surface area contributed by atoms with Gasteiger partial charge in [-0.05, 0) is 47.5 Å². The average Bonchev–Trinajstić information content (AvgIpc) is 3.53. The van der Waals surface area contributed by atoms with Gasteiger partial charge in [-0.25, -0.2) is 0 Å². The van der Waals surface area contributed by atoms with Crippen molar-refractivity contribution < 1.29 is 23.5 Å². The number of amides is 3. The molecule has 2 aliphatic heterocycles. The van der Waals surface area contributed by atoms with Gasteiger partial charge in [-0.15, -0.1) is 0 Å². The third-order valence-electron chi connectivity index (χ3n) is 6.79. The summed E-state index contributed by atoms with van der Waals surface area (Å²) in [7, 11) is 1.55. The molecule has 174 valence electrons. The van der Waals surface area contributed by atoms with Gasteiger partial charge in [0.25, 0.3) is 5.91 Å². The lowest BCUT2D eigenvalue weighted by Gasteiger charge is -2.28. The van der Waals surface area contributed by atoms with E-state index in [0.29, 0.717) is 29.2 Å². The molecule has 35 heavy (non-hydrogen) atoms. The summed E-state index contributed by atoms with van der Waals surface area (Å²) in [6.07, 6.45) is 3.40. The second-order valence-corrected chi connectivity index (χ2v) is 8.93. The maximum Gasteiger partial charge on any atom is 0.254 e. The number of fused-ring (bicyclic) bond motifs is 2. The lowest BCUT2D eigenvalue weighted by Crippen LogP contribution is -2.46. The van der Waals surface area contributed by atoms with Gasteiger partial charge in [0.15, 0.2) is 0 Å². The minimum Gasteiger partial charge on any atom is -0.497 e. The van der Waals surface area contributed by atoms with Crippen LogP contribution in [0.2, 0.25) is 0 Å². The number of ether oxygens (including phenoxy) is 1. The van der Waals surface area contributed by atoms with Gasteiger partial charge >= 0.3 is 0 Å². The zero-order valence-corrected chi connectivity index (χ0v) is 18.9. The van der Waals surface area contributed by atoms with Crippen LogP contribution in [0.3, 0.4) is 0 Å². The van der Waals surface area contributed by atoms with Gasteiger partial charge in [-0.1, -0.05) is 18.2 Å². The molecule has 2 aromatic carbocycles.